The maximum atomic E-state index is 11.1. The molecule has 44 heavy (non-hydrogen) atoms. The second kappa shape index (κ2) is 32.6. The van der Waals surface area contributed by atoms with Crippen molar-refractivity contribution in [2.75, 3.05) is 19.8 Å². The van der Waals surface area contributed by atoms with Crippen molar-refractivity contribution < 1.29 is 59.7 Å². The number of carbonyl (C=O) groups excluding carboxylic acids is 1. The Kier molecular flexibility index (Phi) is 37.3. The molecule has 0 saturated carbocycles. The van der Waals surface area contributed by atoms with Crippen molar-refractivity contribution >= 4 is 23.9 Å². The van der Waals surface area contributed by atoms with Crippen molar-refractivity contribution in [3.63, 3.8) is 0 Å². The molecule has 0 bridgehead atoms. The van der Waals surface area contributed by atoms with Gasteiger partial charge in [0.2, 0.25) is 6.29 Å². The van der Waals surface area contributed by atoms with E-state index < -0.39 is 35.6 Å². The highest BCUT2D eigenvalue weighted by Gasteiger charge is 2.24. The average Bonchev–Trinajstić information content (AvgIpc) is 2.95. The topological polar surface area (TPSA) is 219 Å². The van der Waals surface area contributed by atoms with E-state index in [1.165, 1.54) is 52.9 Å². The van der Waals surface area contributed by atoms with E-state index in [4.69, 9.17) is 35.4 Å². The highest BCUT2D eigenvalue weighted by Crippen LogP contribution is 2.18. The highest BCUT2D eigenvalue weighted by atomic mass is 16.6. The SMILES string of the molecule is C=C(C)C(=O)O.C=C(C)C(=O)O.C=C(C)C(=O)O.C=C(C)C(=O)OC(O)CCCCCCCCC.CCC(CO)(CO)CO. The van der Waals surface area contributed by atoms with Crippen molar-refractivity contribution in [3.8, 4) is 0 Å². The van der Waals surface area contributed by atoms with Crippen LogP contribution in [0.5, 0.6) is 0 Å². The number of esters is 1. The zero-order valence-electron chi connectivity index (χ0n) is 27.6. The minimum atomic E-state index is -0.977. The molecule has 0 aromatic rings. The van der Waals surface area contributed by atoms with Gasteiger partial charge in [0.1, 0.15) is 0 Å². The van der Waals surface area contributed by atoms with Crippen LogP contribution in [0.15, 0.2) is 48.6 Å². The summed E-state index contributed by atoms with van der Waals surface area (Å²) in [4.78, 5) is 39.9. The van der Waals surface area contributed by atoms with Crippen LogP contribution in [0.4, 0.5) is 0 Å². The molecule has 0 amide bonds. The molecule has 0 heterocycles. The number of carboxylic acid groups (broad SMARTS) is 3. The van der Waals surface area contributed by atoms with Gasteiger partial charge in [-0.05, 0) is 40.5 Å². The second-order valence-electron chi connectivity index (χ2n) is 10.1. The van der Waals surface area contributed by atoms with Crippen LogP contribution in [0, 0.1) is 5.41 Å². The first-order valence-corrected chi connectivity index (χ1v) is 14.3. The molecule has 0 aliphatic heterocycles. The van der Waals surface area contributed by atoms with Crippen LogP contribution in [0.25, 0.3) is 0 Å². The monoisotopic (exact) mass is 634 g/mol. The van der Waals surface area contributed by atoms with E-state index in [1.807, 2.05) is 6.92 Å². The fourth-order valence-electron chi connectivity index (χ4n) is 2.04. The molecule has 1 atom stereocenters. The van der Waals surface area contributed by atoms with Crippen molar-refractivity contribution in [3.05, 3.63) is 48.6 Å². The maximum absolute atomic E-state index is 11.1. The molecule has 1 unspecified atom stereocenters. The largest absolute Gasteiger partial charge is 0.478 e. The zero-order valence-corrected chi connectivity index (χ0v) is 27.6. The van der Waals surface area contributed by atoms with Crippen molar-refractivity contribution in [2.45, 2.75) is 106 Å². The summed E-state index contributed by atoms with van der Waals surface area (Å²) < 4.78 is 4.77. The third-order valence-corrected chi connectivity index (χ3v) is 5.50. The number of aliphatic carboxylic acids is 3. The molecule has 12 nitrogen and oxygen atoms in total. The van der Waals surface area contributed by atoms with Crippen molar-refractivity contribution in [1.29, 1.82) is 0 Å². The van der Waals surface area contributed by atoms with E-state index in [0.29, 0.717) is 18.4 Å². The summed E-state index contributed by atoms with van der Waals surface area (Å²) >= 11 is 0. The fourth-order valence-corrected chi connectivity index (χ4v) is 2.04. The Balaban J connectivity index is -0.000000158. The van der Waals surface area contributed by atoms with Gasteiger partial charge in [-0.2, -0.15) is 0 Å². The second-order valence-corrected chi connectivity index (χ2v) is 10.1. The van der Waals surface area contributed by atoms with Crippen LogP contribution < -0.4 is 0 Å². The molecular weight excluding hydrogens is 576 g/mol. The van der Waals surface area contributed by atoms with Crippen LogP contribution in [-0.2, 0) is 23.9 Å². The molecule has 0 aromatic carbocycles. The summed E-state index contributed by atoms with van der Waals surface area (Å²) in [6.07, 6.45) is 8.44. The number of carboxylic acids is 3. The van der Waals surface area contributed by atoms with E-state index in [2.05, 4.69) is 33.2 Å². The minimum absolute atomic E-state index is 0.156. The predicted molar refractivity (Wildman–Crippen MR) is 171 cm³/mol. The molecule has 0 rings (SSSR count). The number of ether oxygens (including phenoxy) is 1. The lowest BCUT2D eigenvalue weighted by Crippen LogP contribution is -2.32. The maximum Gasteiger partial charge on any atom is 0.335 e. The van der Waals surface area contributed by atoms with Gasteiger partial charge in [0.15, 0.2) is 0 Å². The third kappa shape index (κ3) is 38.7. The first-order valence-electron chi connectivity index (χ1n) is 14.3. The van der Waals surface area contributed by atoms with Gasteiger partial charge in [-0.25, -0.2) is 19.2 Å². The molecule has 0 spiro atoms. The van der Waals surface area contributed by atoms with Gasteiger partial charge in [-0.1, -0.05) is 78.7 Å². The lowest BCUT2D eigenvalue weighted by atomic mass is 9.88. The lowest BCUT2D eigenvalue weighted by molar-refractivity contribution is -0.163. The molecular formula is C32H58O12. The number of carbonyl (C=O) groups is 4. The summed E-state index contributed by atoms with van der Waals surface area (Å²) in [5, 5.41) is 59.1. The van der Waals surface area contributed by atoms with Crippen molar-refractivity contribution in [2.24, 2.45) is 5.41 Å². The number of hydrogen-bond acceptors (Lipinski definition) is 9. The zero-order chi connectivity index (χ0) is 35.9. The van der Waals surface area contributed by atoms with E-state index >= 15 is 0 Å². The Morgan fingerprint density at radius 1 is 0.614 bits per heavy atom. The number of unbranched alkanes of at least 4 members (excludes halogenated alkanes) is 6. The van der Waals surface area contributed by atoms with Gasteiger partial charge in [0, 0.05) is 34.1 Å². The lowest BCUT2D eigenvalue weighted by Gasteiger charge is -2.24. The standard InChI is InChI=1S/C14H26O3.C6H14O3.3C4H6O2/c1-4-5-6-7-8-9-10-11-13(15)17-14(16)12(2)3;1-2-6(3-7,4-8)5-9;3*1-3(2)4(5)6/h13,15H,2,4-11H2,1,3H3;7-9H,2-5H2,1H3;3*1H2,2H3,(H,5,6). The van der Waals surface area contributed by atoms with E-state index in [9.17, 15) is 24.3 Å². The quantitative estimate of drug-likeness (QED) is 0.0493. The normalized spacial score (nSPS) is 10.2. The summed E-state index contributed by atoms with van der Waals surface area (Å²) in [7, 11) is 0. The van der Waals surface area contributed by atoms with Gasteiger partial charge in [0.25, 0.3) is 0 Å². The van der Waals surface area contributed by atoms with E-state index in [0.717, 1.165) is 12.8 Å². The Bertz CT molecular complexity index is 747. The first-order chi connectivity index (χ1) is 20.2. The Morgan fingerprint density at radius 3 is 1.11 bits per heavy atom. The molecule has 12 heteroatoms. The Morgan fingerprint density at radius 2 is 0.909 bits per heavy atom. The van der Waals surface area contributed by atoms with Crippen LogP contribution >= 0.6 is 0 Å². The number of aliphatic hydroxyl groups is 4. The molecule has 258 valence electrons. The van der Waals surface area contributed by atoms with Crippen LogP contribution in [-0.4, -0.2) is 85.7 Å². The van der Waals surface area contributed by atoms with Gasteiger partial charge in [0.05, 0.1) is 19.8 Å². The summed E-state index contributed by atoms with van der Waals surface area (Å²) in [6, 6.07) is 0. The molecule has 0 aliphatic rings. The van der Waals surface area contributed by atoms with Gasteiger partial charge < -0.3 is 40.5 Å². The minimum Gasteiger partial charge on any atom is -0.478 e. The van der Waals surface area contributed by atoms with E-state index in [-0.39, 0.29) is 36.5 Å². The predicted octanol–water partition coefficient (Wildman–Crippen LogP) is 4.87. The summed E-state index contributed by atoms with van der Waals surface area (Å²) in [5.74, 6) is -3.32. The number of rotatable bonds is 17. The highest BCUT2D eigenvalue weighted by molar-refractivity contribution is 5.87. The molecule has 7 N–H and O–H groups in total. The summed E-state index contributed by atoms with van der Waals surface area (Å²) in [6.45, 7) is 22.4. The average molecular weight is 635 g/mol. The molecule has 0 radical (unpaired) electrons. The molecule has 0 fully saturated rings. The first kappa shape index (κ1) is 50.3. The molecule has 0 aromatic heterocycles. The van der Waals surface area contributed by atoms with Crippen LogP contribution in [0.3, 0.4) is 0 Å². The van der Waals surface area contributed by atoms with Gasteiger partial charge >= 0.3 is 23.9 Å². The molecule has 0 aliphatic carbocycles. The van der Waals surface area contributed by atoms with E-state index in [1.54, 1.807) is 6.92 Å². The van der Waals surface area contributed by atoms with Crippen LogP contribution in [0.2, 0.25) is 0 Å². The Labute approximate surface area is 263 Å². The van der Waals surface area contributed by atoms with Crippen LogP contribution in [0.1, 0.15) is 99.3 Å². The van der Waals surface area contributed by atoms with Gasteiger partial charge in [-0.3, -0.25) is 0 Å². The third-order valence-electron chi connectivity index (χ3n) is 5.50. The summed E-state index contributed by atoms with van der Waals surface area (Å²) in [5.41, 5.74) is 0.184. The fraction of sp³-hybridized carbons (Fsp3) is 0.625. The smallest absolute Gasteiger partial charge is 0.335 e. The van der Waals surface area contributed by atoms with Crippen molar-refractivity contribution in [1.82, 2.24) is 0 Å². The van der Waals surface area contributed by atoms with Gasteiger partial charge in [-0.15, -0.1) is 0 Å². The Hall–Kier alpha value is -3.32. The number of hydrogen-bond donors (Lipinski definition) is 7. The molecule has 0 saturated heterocycles. The number of aliphatic hydroxyl groups excluding tert-OH is 4.